The average Bonchev–Trinajstić information content (AvgIpc) is 2.47. The molecule has 0 amide bonds. The first-order valence-electron chi connectivity index (χ1n) is 6.91. The SMILES string of the molecule is CCn1ccnc(N2CCN(C(C)CN)CC2)c1=O. The van der Waals surface area contributed by atoms with Crippen molar-refractivity contribution in [2.24, 2.45) is 5.73 Å². The van der Waals surface area contributed by atoms with Crippen molar-refractivity contribution in [1.82, 2.24) is 14.5 Å². The molecule has 2 N–H and O–H groups in total. The summed E-state index contributed by atoms with van der Waals surface area (Å²) in [7, 11) is 0. The van der Waals surface area contributed by atoms with Gasteiger partial charge in [-0.3, -0.25) is 9.69 Å². The summed E-state index contributed by atoms with van der Waals surface area (Å²) in [6, 6.07) is 0.401. The molecule has 0 aliphatic carbocycles. The fourth-order valence-corrected chi connectivity index (χ4v) is 2.43. The van der Waals surface area contributed by atoms with Crippen molar-refractivity contribution < 1.29 is 0 Å². The predicted molar refractivity (Wildman–Crippen MR) is 76.5 cm³/mol. The minimum Gasteiger partial charge on any atom is -0.349 e. The van der Waals surface area contributed by atoms with Crippen molar-refractivity contribution >= 4 is 5.82 Å². The summed E-state index contributed by atoms with van der Waals surface area (Å²) in [5.41, 5.74) is 5.69. The Balaban J connectivity index is 2.08. The number of anilines is 1. The van der Waals surface area contributed by atoms with E-state index in [4.69, 9.17) is 5.73 Å². The third-order valence-electron chi connectivity index (χ3n) is 3.81. The Labute approximate surface area is 113 Å². The van der Waals surface area contributed by atoms with Gasteiger partial charge in [0.15, 0.2) is 5.82 Å². The van der Waals surface area contributed by atoms with Crippen molar-refractivity contribution in [3.05, 3.63) is 22.7 Å². The second-order valence-corrected chi connectivity index (χ2v) is 4.95. The summed E-state index contributed by atoms with van der Waals surface area (Å²) in [6.45, 7) is 8.99. The summed E-state index contributed by atoms with van der Waals surface area (Å²) < 4.78 is 1.69. The van der Waals surface area contributed by atoms with Crippen molar-refractivity contribution in [2.45, 2.75) is 26.4 Å². The molecular weight excluding hydrogens is 242 g/mol. The Morgan fingerprint density at radius 3 is 2.63 bits per heavy atom. The summed E-state index contributed by atoms with van der Waals surface area (Å²) in [4.78, 5) is 20.9. The van der Waals surface area contributed by atoms with E-state index >= 15 is 0 Å². The Bertz CT molecular complexity index is 464. The van der Waals surface area contributed by atoms with Gasteiger partial charge < -0.3 is 15.2 Å². The number of aryl methyl sites for hydroxylation is 1. The molecule has 0 bridgehead atoms. The van der Waals surface area contributed by atoms with E-state index in [1.54, 1.807) is 17.0 Å². The Morgan fingerprint density at radius 2 is 2.05 bits per heavy atom. The highest BCUT2D eigenvalue weighted by molar-refractivity contribution is 5.36. The van der Waals surface area contributed by atoms with Crippen LogP contribution in [0.2, 0.25) is 0 Å². The molecule has 1 aromatic rings. The number of piperazine rings is 1. The zero-order chi connectivity index (χ0) is 13.8. The molecule has 1 saturated heterocycles. The van der Waals surface area contributed by atoms with Crippen molar-refractivity contribution in [3.63, 3.8) is 0 Å². The molecule has 6 nitrogen and oxygen atoms in total. The van der Waals surface area contributed by atoms with E-state index in [0.717, 1.165) is 26.2 Å². The van der Waals surface area contributed by atoms with Crippen LogP contribution in [-0.2, 0) is 6.54 Å². The van der Waals surface area contributed by atoms with Gasteiger partial charge >= 0.3 is 0 Å². The first-order valence-corrected chi connectivity index (χ1v) is 6.91. The number of nitrogens with two attached hydrogens (primary N) is 1. The molecule has 2 rings (SSSR count). The largest absolute Gasteiger partial charge is 0.349 e. The first-order chi connectivity index (χ1) is 9.17. The van der Waals surface area contributed by atoms with Crippen LogP contribution in [0.25, 0.3) is 0 Å². The highest BCUT2D eigenvalue weighted by atomic mass is 16.1. The molecule has 6 heteroatoms. The van der Waals surface area contributed by atoms with Gasteiger partial charge in [0.25, 0.3) is 5.56 Å². The molecule has 106 valence electrons. The van der Waals surface area contributed by atoms with Crippen LogP contribution in [0.4, 0.5) is 5.82 Å². The van der Waals surface area contributed by atoms with E-state index in [9.17, 15) is 4.79 Å². The molecule has 1 aliphatic heterocycles. The first kappa shape index (κ1) is 14.0. The summed E-state index contributed by atoms with van der Waals surface area (Å²) in [5.74, 6) is 0.574. The molecule has 0 saturated carbocycles. The van der Waals surface area contributed by atoms with E-state index in [2.05, 4.69) is 21.7 Å². The number of rotatable bonds is 4. The van der Waals surface area contributed by atoms with Crippen LogP contribution >= 0.6 is 0 Å². The van der Waals surface area contributed by atoms with Crippen LogP contribution < -0.4 is 16.2 Å². The lowest BCUT2D eigenvalue weighted by molar-refractivity contribution is 0.201. The second kappa shape index (κ2) is 6.16. The Morgan fingerprint density at radius 1 is 1.37 bits per heavy atom. The van der Waals surface area contributed by atoms with Crippen LogP contribution in [0.5, 0.6) is 0 Å². The van der Waals surface area contributed by atoms with Crippen LogP contribution in [0.15, 0.2) is 17.2 Å². The Kier molecular flexibility index (Phi) is 4.55. The van der Waals surface area contributed by atoms with E-state index in [0.29, 0.717) is 24.9 Å². The molecule has 1 atom stereocenters. The maximum Gasteiger partial charge on any atom is 0.293 e. The number of aromatic nitrogens is 2. The lowest BCUT2D eigenvalue weighted by atomic mass is 10.2. The smallest absolute Gasteiger partial charge is 0.293 e. The molecule has 0 aromatic carbocycles. The molecule has 19 heavy (non-hydrogen) atoms. The van der Waals surface area contributed by atoms with Crippen LogP contribution in [0.3, 0.4) is 0 Å². The maximum absolute atomic E-state index is 12.2. The standard InChI is InChI=1S/C13H23N5O/c1-3-16-5-4-15-12(13(16)19)18-8-6-17(7-9-18)11(2)10-14/h4-5,11H,3,6-10,14H2,1-2H3. The molecule has 2 heterocycles. The topological polar surface area (TPSA) is 67.4 Å². The minimum atomic E-state index is 0.00493. The summed E-state index contributed by atoms with van der Waals surface area (Å²) >= 11 is 0. The molecule has 1 aromatic heterocycles. The molecule has 1 fully saturated rings. The minimum absolute atomic E-state index is 0.00493. The van der Waals surface area contributed by atoms with Gasteiger partial charge in [0.05, 0.1) is 0 Å². The summed E-state index contributed by atoms with van der Waals surface area (Å²) in [6.07, 6.45) is 3.44. The zero-order valence-corrected chi connectivity index (χ0v) is 11.7. The van der Waals surface area contributed by atoms with Gasteiger partial charge in [0, 0.05) is 57.7 Å². The van der Waals surface area contributed by atoms with Crippen LogP contribution in [0.1, 0.15) is 13.8 Å². The van der Waals surface area contributed by atoms with Gasteiger partial charge in [0.1, 0.15) is 0 Å². The molecule has 1 aliphatic rings. The summed E-state index contributed by atoms with van der Waals surface area (Å²) in [5, 5.41) is 0. The molecule has 1 unspecified atom stereocenters. The Hall–Kier alpha value is -1.40. The van der Waals surface area contributed by atoms with Gasteiger partial charge in [-0.25, -0.2) is 4.98 Å². The normalized spacial score (nSPS) is 18.6. The molecule has 0 radical (unpaired) electrons. The zero-order valence-electron chi connectivity index (χ0n) is 11.7. The van der Waals surface area contributed by atoms with Crippen LogP contribution in [-0.4, -0.2) is 53.2 Å². The maximum atomic E-state index is 12.2. The van der Waals surface area contributed by atoms with Crippen molar-refractivity contribution in [2.75, 3.05) is 37.6 Å². The fourth-order valence-electron chi connectivity index (χ4n) is 2.43. The molecule has 0 spiro atoms. The van der Waals surface area contributed by atoms with Gasteiger partial charge in [-0.05, 0) is 13.8 Å². The van der Waals surface area contributed by atoms with E-state index < -0.39 is 0 Å². The third-order valence-corrected chi connectivity index (χ3v) is 3.81. The van der Waals surface area contributed by atoms with Gasteiger partial charge in [0.2, 0.25) is 0 Å². The van der Waals surface area contributed by atoms with Gasteiger partial charge in [-0.2, -0.15) is 0 Å². The highest BCUT2D eigenvalue weighted by Crippen LogP contribution is 2.10. The molecular formula is C13H23N5O. The second-order valence-electron chi connectivity index (χ2n) is 4.95. The average molecular weight is 265 g/mol. The monoisotopic (exact) mass is 265 g/mol. The van der Waals surface area contributed by atoms with Crippen LogP contribution in [0, 0.1) is 0 Å². The van der Waals surface area contributed by atoms with E-state index in [-0.39, 0.29) is 5.56 Å². The van der Waals surface area contributed by atoms with E-state index in [1.165, 1.54) is 0 Å². The number of nitrogens with zero attached hydrogens (tertiary/aromatic N) is 4. The number of hydrogen-bond donors (Lipinski definition) is 1. The van der Waals surface area contributed by atoms with Gasteiger partial charge in [-0.15, -0.1) is 0 Å². The fraction of sp³-hybridized carbons (Fsp3) is 0.692. The quantitative estimate of drug-likeness (QED) is 0.812. The number of hydrogen-bond acceptors (Lipinski definition) is 5. The lowest BCUT2D eigenvalue weighted by Gasteiger charge is -2.37. The van der Waals surface area contributed by atoms with E-state index in [1.807, 2.05) is 6.92 Å². The van der Waals surface area contributed by atoms with Crippen molar-refractivity contribution in [1.29, 1.82) is 0 Å². The van der Waals surface area contributed by atoms with Gasteiger partial charge in [-0.1, -0.05) is 0 Å². The highest BCUT2D eigenvalue weighted by Gasteiger charge is 2.22. The lowest BCUT2D eigenvalue weighted by Crippen LogP contribution is -2.52. The van der Waals surface area contributed by atoms with Crippen molar-refractivity contribution in [3.8, 4) is 0 Å². The third kappa shape index (κ3) is 2.96. The predicted octanol–water partition coefficient (Wildman–Crippen LogP) is -0.268.